The first-order valence-electron chi connectivity index (χ1n) is 7.50. The predicted octanol–water partition coefficient (Wildman–Crippen LogP) is 3.01. The molecule has 7 heteroatoms. The number of nitrogens with zero attached hydrogens (tertiary/aromatic N) is 2. The Labute approximate surface area is 142 Å². The van der Waals surface area contributed by atoms with Gasteiger partial charge >= 0.3 is 0 Å². The lowest BCUT2D eigenvalue weighted by molar-refractivity contribution is 0.102. The summed E-state index contributed by atoms with van der Waals surface area (Å²) in [6, 6.07) is 11.6. The van der Waals surface area contributed by atoms with Gasteiger partial charge in [-0.05, 0) is 31.2 Å². The second-order valence-electron chi connectivity index (χ2n) is 5.51. The van der Waals surface area contributed by atoms with Crippen molar-refractivity contribution in [3.63, 3.8) is 0 Å². The van der Waals surface area contributed by atoms with Crippen LogP contribution < -0.4 is 10.9 Å². The number of amides is 1. The maximum atomic E-state index is 13.8. The normalized spacial score (nSPS) is 10.7. The van der Waals surface area contributed by atoms with Gasteiger partial charge < -0.3 is 5.32 Å². The van der Waals surface area contributed by atoms with Crippen LogP contribution >= 0.6 is 0 Å². The Morgan fingerprint density at radius 2 is 1.76 bits per heavy atom. The molecular formula is C18H15F2N3O2. The molecule has 0 aliphatic heterocycles. The molecule has 3 rings (SSSR count). The summed E-state index contributed by atoms with van der Waals surface area (Å²) in [4.78, 5) is 25.0. The van der Waals surface area contributed by atoms with Crippen LogP contribution in [0, 0.1) is 18.6 Å². The van der Waals surface area contributed by atoms with Gasteiger partial charge in [-0.3, -0.25) is 14.3 Å². The Hall–Kier alpha value is -3.22. The molecule has 1 N–H and O–H groups in total. The van der Waals surface area contributed by atoms with E-state index >= 15 is 0 Å². The zero-order chi connectivity index (χ0) is 18.1. The average Bonchev–Trinajstić information content (AvgIpc) is 2.79. The monoisotopic (exact) mass is 343 g/mol. The van der Waals surface area contributed by atoms with Gasteiger partial charge in [0.05, 0.1) is 16.9 Å². The van der Waals surface area contributed by atoms with Crippen molar-refractivity contribution in [1.29, 1.82) is 0 Å². The predicted molar refractivity (Wildman–Crippen MR) is 90.1 cm³/mol. The molecule has 0 bridgehead atoms. The van der Waals surface area contributed by atoms with Crippen LogP contribution in [0.3, 0.4) is 0 Å². The fourth-order valence-corrected chi connectivity index (χ4v) is 2.57. The lowest BCUT2D eigenvalue weighted by Gasteiger charge is -2.07. The molecule has 0 aliphatic rings. The zero-order valence-electron chi connectivity index (χ0n) is 13.6. The summed E-state index contributed by atoms with van der Waals surface area (Å²) in [6.45, 7) is 1.66. The molecule has 0 saturated heterocycles. The Bertz CT molecular complexity index is 1010. The first kappa shape index (κ1) is 16.6. The molecule has 0 atom stereocenters. The largest absolute Gasteiger partial charge is 0.316 e. The Morgan fingerprint density at radius 1 is 1.08 bits per heavy atom. The van der Waals surface area contributed by atoms with Gasteiger partial charge in [0.25, 0.3) is 11.5 Å². The van der Waals surface area contributed by atoms with Gasteiger partial charge in [0.1, 0.15) is 17.3 Å². The van der Waals surface area contributed by atoms with Crippen molar-refractivity contribution < 1.29 is 13.6 Å². The third kappa shape index (κ3) is 2.96. The van der Waals surface area contributed by atoms with Crippen LogP contribution in [0.15, 0.2) is 53.3 Å². The van der Waals surface area contributed by atoms with Crippen LogP contribution in [0.25, 0.3) is 5.69 Å². The minimum Gasteiger partial charge on any atom is -0.316 e. The number of halogens is 2. The highest BCUT2D eigenvalue weighted by molar-refractivity contribution is 6.04. The Morgan fingerprint density at radius 3 is 2.40 bits per heavy atom. The maximum Gasteiger partial charge on any atom is 0.295 e. The molecule has 0 aliphatic carbocycles. The van der Waals surface area contributed by atoms with E-state index < -0.39 is 23.1 Å². The zero-order valence-corrected chi connectivity index (χ0v) is 13.6. The van der Waals surface area contributed by atoms with E-state index in [-0.39, 0.29) is 11.3 Å². The standard InChI is InChI=1S/C18H15F2N3O2/c1-11-16(21-17(24)14-9-8-12(19)10-15(14)20)18(25)23(22(11)2)13-6-4-3-5-7-13/h3-10H,1-2H3,(H,21,24). The number of benzene rings is 2. The van der Waals surface area contributed by atoms with E-state index in [0.29, 0.717) is 17.4 Å². The molecule has 0 fully saturated rings. The van der Waals surface area contributed by atoms with Crippen LogP contribution in [0.1, 0.15) is 16.1 Å². The van der Waals surface area contributed by atoms with Gasteiger partial charge in [-0.2, -0.15) is 0 Å². The van der Waals surface area contributed by atoms with E-state index in [1.165, 1.54) is 4.68 Å². The second-order valence-corrected chi connectivity index (χ2v) is 5.51. The number of para-hydroxylation sites is 1. The van der Waals surface area contributed by atoms with Crippen molar-refractivity contribution in [3.8, 4) is 5.69 Å². The van der Waals surface area contributed by atoms with E-state index in [1.54, 1.807) is 42.9 Å². The number of rotatable bonds is 3. The van der Waals surface area contributed by atoms with E-state index in [2.05, 4.69) is 5.32 Å². The molecule has 0 saturated carbocycles. The minimum atomic E-state index is -0.991. The maximum absolute atomic E-state index is 13.8. The van der Waals surface area contributed by atoms with Crippen LogP contribution in [0.5, 0.6) is 0 Å². The molecule has 25 heavy (non-hydrogen) atoms. The highest BCUT2D eigenvalue weighted by Gasteiger charge is 2.20. The fraction of sp³-hybridized carbons (Fsp3) is 0.111. The number of hydrogen-bond donors (Lipinski definition) is 1. The first-order valence-corrected chi connectivity index (χ1v) is 7.50. The molecule has 5 nitrogen and oxygen atoms in total. The molecule has 0 spiro atoms. The van der Waals surface area contributed by atoms with Crippen molar-refractivity contribution in [3.05, 3.63) is 81.8 Å². The van der Waals surface area contributed by atoms with E-state index in [9.17, 15) is 18.4 Å². The third-order valence-electron chi connectivity index (χ3n) is 3.97. The van der Waals surface area contributed by atoms with Crippen molar-refractivity contribution in [2.45, 2.75) is 6.92 Å². The van der Waals surface area contributed by atoms with Gasteiger partial charge in [-0.15, -0.1) is 0 Å². The Balaban J connectivity index is 2.02. The van der Waals surface area contributed by atoms with Gasteiger partial charge in [-0.25, -0.2) is 13.5 Å². The second kappa shape index (κ2) is 6.35. The van der Waals surface area contributed by atoms with Crippen molar-refractivity contribution in [1.82, 2.24) is 9.36 Å². The molecule has 1 amide bonds. The summed E-state index contributed by atoms with van der Waals surface area (Å²) in [7, 11) is 1.68. The molecular weight excluding hydrogens is 328 g/mol. The van der Waals surface area contributed by atoms with Crippen molar-refractivity contribution in [2.24, 2.45) is 7.05 Å². The summed E-state index contributed by atoms with van der Waals surface area (Å²) >= 11 is 0. The Kier molecular flexibility index (Phi) is 4.22. The lowest BCUT2D eigenvalue weighted by atomic mass is 10.2. The van der Waals surface area contributed by atoms with Crippen molar-refractivity contribution >= 4 is 11.6 Å². The van der Waals surface area contributed by atoms with Gasteiger partial charge in [0.15, 0.2) is 0 Å². The lowest BCUT2D eigenvalue weighted by Crippen LogP contribution is -2.23. The van der Waals surface area contributed by atoms with E-state index in [0.717, 1.165) is 12.1 Å². The number of carbonyl (C=O) groups is 1. The summed E-state index contributed by atoms with van der Waals surface area (Å²) in [5.74, 6) is -2.59. The molecule has 1 aromatic heterocycles. The van der Waals surface area contributed by atoms with E-state index in [1.807, 2.05) is 6.07 Å². The number of aromatic nitrogens is 2. The molecule has 3 aromatic rings. The van der Waals surface area contributed by atoms with Crippen LogP contribution in [0.4, 0.5) is 14.5 Å². The van der Waals surface area contributed by atoms with Crippen molar-refractivity contribution in [2.75, 3.05) is 5.32 Å². The fourth-order valence-electron chi connectivity index (χ4n) is 2.57. The average molecular weight is 343 g/mol. The topological polar surface area (TPSA) is 56.0 Å². The quantitative estimate of drug-likeness (QED) is 0.795. The summed E-state index contributed by atoms with van der Waals surface area (Å²) in [5, 5.41) is 2.43. The molecule has 1 heterocycles. The van der Waals surface area contributed by atoms with Gasteiger partial charge in [-0.1, -0.05) is 18.2 Å². The highest BCUT2D eigenvalue weighted by atomic mass is 19.1. The smallest absolute Gasteiger partial charge is 0.295 e. The number of hydrogen-bond acceptors (Lipinski definition) is 2. The first-order chi connectivity index (χ1) is 11.9. The van der Waals surface area contributed by atoms with Crippen LogP contribution in [-0.4, -0.2) is 15.3 Å². The summed E-state index contributed by atoms with van der Waals surface area (Å²) in [6.07, 6.45) is 0. The minimum absolute atomic E-state index is 0.0417. The van der Waals surface area contributed by atoms with Crippen LogP contribution in [-0.2, 0) is 7.05 Å². The molecule has 128 valence electrons. The molecule has 0 radical (unpaired) electrons. The number of carbonyl (C=O) groups excluding carboxylic acids is 1. The number of nitrogens with one attached hydrogen (secondary N) is 1. The van der Waals surface area contributed by atoms with Crippen LogP contribution in [0.2, 0.25) is 0 Å². The third-order valence-corrected chi connectivity index (χ3v) is 3.97. The number of anilines is 1. The summed E-state index contributed by atoms with van der Waals surface area (Å²) in [5.41, 5.74) is 0.397. The molecule has 0 unspecified atom stereocenters. The van der Waals surface area contributed by atoms with Gasteiger partial charge in [0, 0.05) is 13.1 Å². The summed E-state index contributed by atoms with van der Waals surface area (Å²) < 4.78 is 29.7. The van der Waals surface area contributed by atoms with E-state index in [4.69, 9.17) is 0 Å². The SMILES string of the molecule is Cc1c(NC(=O)c2ccc(F)cc2F)c(=O)n(-c2ccccc2)n1C. The molecule has 2 aromatic carbocycles. The van der Waals surface area contributed by atoms with Gasteiger partial charge in [0.2, 0.25) is 0 Å². The highest BCUT2D eigenvalue weighted by Crippen LogP contribution is 2.16.